The zero-order chi connectivity index (χ0) is 47.1. The Labute approximate surface area is 410 Å². The smallest absolute Gasteiger partial charge is 0.305 e. The number of benzene rings is 6. The predicted molar refractivity (Wildman–Crippen MR) is 269 cm³/mol. The van der Waals surface area contributed by atoms with E-state index in [0.717, 1.165) is 45.7 Å². The van der Waals surface area contributed by atoms with Gasteiger partial charge in [-0.05, 0) is 133 Å². The summed E-state index contributed by atoms with van der Waals surface area (Å²) in [7, 11) is 6.84. The number of phenolic OH excluding ortho intramolecular Hbond substituents is 1. The van der Waals surface area contributed by atoms with Crippen molar-refractivity contribution in [3.05, 3.63) is 199 Å². The Morgan fingerprint density at radius 1 is 0.515 bits per heavy atom. The van der Waals surface area contributed by atoms with Crippen LogP contribution in [0.25, 0.3) is 0 Å². The monoisotopic (exact) mass is 976 g/mol. The van der Waals surface area contributed by atoms with Crippen molar-refractivity contribution < 1.29 is 34.0 Å². The van der Waals surface area contributed by atoms with Crippen LogP contribution < -0.4 is 4.74 Å². The van der Waals surface area contributed by atoms with Gasteiger partial charge in [-0.2, -0.15) is 0 Å². The van der Waals surface area contributed by atoms with Crippen molar-refractivity contribution in [3.8, 4) is 11.5 Å². The number of hydrogen-bond acceptors (Lipinski definition) is 9. The lowest BCUT2D eigenvalue weighted by molar-refractivity contribution is -0.141. The minimum Gasteiger partial charge on any atom is -0.508 e. The second-order valence-corrected chi connectivity index (χ2v) is 16.8. The normalized spacial score (nSPS) is 10.7. The number of aryl methyl sites for hydroxylation is 2. The van der Waals surface area contributed by atoms with Crippen molar-refractivity contribution in [2.75, 3.05) is 54.6 Å². The third kappa shape index (κ3) is 19.0. The molecule has 2 N–H and O–H groups in total. The molecule has 0 heterocycles. The number of nitrogens with zero attached hydrogens (tertiary/aromatic N) is 2. The molecule has 0 saturated heterocycles. The second kappa shape index (κ2) is 29.5. The number of aromatic hydroxyl groups is 1. The average molecular weight is 979 g/mol. The maximum atomic E-state index is 11.3. The number of phenols is 1. The van der Waals surface area contributed by atoms with Crippen molar-refractivity contribution >= 4 is 58.3 Å². The van der Waals surface area contributed by atoms with Gasteiger partial charge in [0, 0.05) is 46.0 Å². The highest BCUT2D eigenvalue weighted by Crippen LogP contribution is 2.31. The molecule has 0 radical (unpaired) electrons. The van der Waals surface area contributed by atoms with Gasteiger partial charge < -0.3 is 24.4 Å². The van der Waals surface area contributed by atoms with E-state index in [2.05, 4.69) is 26.3 Å². The van der Waals surface area contributed by atoms with Gasteiger partial charge in [0.2, 0.25) is 0 Å². The van der Waals surface area contributed by atoms with Gasteiger partial charge in [0.05, 0.1) is 32.9 Å². The Morgan fingerprint density at radius 2 is 0.833 bits per heavy atom. The van der Waals surface area contributed by atoms with Gasteiger partial charge in [-0.3, -0.25) is 19.4 Å². The molecule has 13 heteroatoms. The molecule has 0 aromatic heterocycles. The summed E-state index contributed by atoms with van der Waals surface area (Å²) in [5.41, 5.74) is 6.65. The van der Waals surface area contributed by atoms with Crippen molar-refractivity contribution in [2.24, 2.45) is 0 Å². The number of hydrogen-bond donors (Lipinski definition) is 2. The van der Waals surface area contributed by atoms with Crippen LogP contribution >= 0.6 is 46.4 Å². The summed E-state index contributed by atoms with van der Waals surface area (Å²) in [6.45, 7) is 1.97. The Morgan fingerprint density at radius 3 is 1.15 bits per heavy atom. The molecule has 0 aliphatic heterocycles. The number of carbonyl (C=O) groups excluding carboxylic acids is 2. The number of esters is 2. The standard InChI is InChI=1S/C26H27Cl2NO3.C16H17Cl2NO.C10H12O3.CH4/c1-29(17-18-32-24-14-3-19(4-15-24)5-16-25(30)31-2)26(20-6-10-22(27)11-7-20)21-8-12-23(28)13-9-21;1-19(10-11-20)16(12-2-6-14(17)7-3-12)13-4-8-15(18)9-5-13;1-13-10(12)7-4-8-2-5-9(11)6-3-8;/h3-4,6-15,26H,5,16-18H2,1-2H3;2-9,16,20H,10-11H2,1H3;2-3,5-6,11H,4,7H2,1H3;1H4. The molecule has 352 valence electrons. The number of methoxy groups -OCH3 is 2. The molecule has 66 heavy (non-hydrogen) atoms. The van der Waals surface area contributed by atoms with Crippen LogP contribution in [0.4, 0.5) is 0 Å². The van der Waals surface area contributed by atoms with Gasteiger partial charge >= 0.3 is 11.9 Å². The largest absolute Gasteiger partial charge is 0.508 e. The number of carbonyl (C=O) groups is 2. The van der Waals surface area contributed by atoms with Gasteiger partial charge in [0.15, 0.2) is 0 Å². The first-order chi connectivity index (χ1) is 31.3. The highest BCUT2D eigenvalue weighted by molar-refractivity contribution is 6.31. The molecular weight excluding hydrogens is 918 g/mol. The average Bonchev–Trinajstić information content (AvgIpc) is 3.31. The molecule has 6 aromatic rings. The molecule has 0 saturated carbocycles. The van der Waals surface area contributed by atoms with Gasteiger partial charge in [0.1, 0.15) is 18.1 Å². The minimum atomic E-state index is -0.215. The SMILES string of the molecule is C.CN(CCO)C(c1ccc(Cl)cc1)c1ccc(Cl)cc1.COC(=O)CCc1ccc(O)cc1.COC(=O)CCc1ccc(OCCN(C)C(c2ccc(Cl)cc2)c2ccc(Cl)cc2)cc1. The predicted octanol–water partition coefficient (Wildman–Crippen LogP) is 12.3. The Bertz CT molecular complexity index is 2210. The van der Waals surface area contributed by atoms with Crippen molar-refractivity contribution in [1.29, 1.82) is 0 Å². The van der Waals surface area contributed by atoms with Crippen LogP contribution in [0.1, 0.15) is 65.7 Å². The molecule has 0 aliphatic rings. The van der Waals surface area contributed by atoms with Gasteiger partial charge in [0.25, 0.3) is 0 Å². The van der Waals surface area contributed by atoms with Crippen molar-refractivity contribution in [1.82, 2.24) is 9.80 Å². The fourth-order valence-corrected chi connectivity index (χ4v) is 7.32. The van der Waals surface area contributed by atoms with Crippen LogP contribution in [0.2, 0.25) is 20.1 Å². The maximum Gasteiger partial charge on any atom is 0.305 e. The molecule has 0 atom stereocenters. The molecule has 0 aliphatic carbocycles. The first kappa shape index (κ1) is 55.2. The first-order valence-electron chi connectivity index (χ1n) is 21.0. The van der Waals surface area contributed by atoms with E-state index < -0.39 is 0 Å². The maximum absolute atomic E-state index is 11.3. The molecular formula is C53H60Cl4N2O7. The topological polar surface area (TPSA) is 109 Å². The highest BCUT2D eigenvalue weighted by atomic mass is 35.5. The summed E-state index contributed by atoms with van der Waals surface area (Å²) < 4.78 is 15.2. The molecule has 6 rings (SSSR count). The number of halogens is 4. The van der Waals surface area contributed by atoms with Crippen LogP contribution in [-0.2, 0) is 31.9 Å². The summed E-state index contributed by atoms with van der Waals surface area (Å²) in [4.78, 5) is 26.4. The van der Waals surface area contributed by atoms with E-state index >= 15 is 0 Å². The second-order valence-electron chi connectivity index (χ2n) is 15.0. The van der Waals surface area contributed by atoms with Crippen LogP contribution in [0, 0.1) is 0 Å². The van der Waals surface area contributed by atoms with Gasteiger partial charge in [-0.25, -0.2) is 0 Å². The first-order valence-corrected chi connectivity index (χ1v) is 22.5. The molecule has 6 aromatic carbocycles. The summed E-state index contributed by atoms with van der Waals surface area (Å²) in [6.07, 6.45) is 2.05. The quantitative estimate of drug-likeness (QED) is 0.0814. The fraction of sp³-hybridized carbons (Fsp3) is 0.283. The minimum absolute atomic E-state index is 0. The van der Waals surface area contributed by atoms with Crippen LogP contribution in [0.5, 0.6) is 11.5 Å². The molecule has 9 nitrogen and oxygen atoms in total. The van der Waals surface area contributed by atoms with E-state index in [1.165, 1.54) is 14.2 Å². The lowest BCUT2D eigenvalue weighted by atomic mass is 9.97. The van der Waals surface area contributed by atoms with Gasteiger partial charge in [-0.1, -0.05) is 127 Å². The summed E-state index contributed by atoms with van der Waals surface area (Å²) in [6, 6.07) is 46.1. The summed E-state index contributed by atoms with van der Waals surface area (Å²) in [5.74, 6) is 0.619. The Kier molecular flexibility index (Phi) is 24.7. The zero-order valence-corrected chi connectivity index (χ0v) is 40.0. The number of ether oxygens (including phenoxy) is 3. The van der Waals surface area contributed by atoms with Crippen molar-refractivity contribution in [3.63, 3.8) is 0 Å². The van der Waals surface area contributed by atoms with E-state index in [9.17, 15) is 14.7 Å². The number of likely N-dealkylation sites (N-methyl/N-ethyl adjacent to an activating group) is 2. The zero-order valence-electron chi connectivity index (χ0n) is 37.0. The fourth-order valence-electron chi connectivity index (χ4n) is 6.82. The number of aliphatic hydroxyl groups excluding tert-OH is 1. The molecule has 0 fully saturated rings. The van der Waals surface area contributed by atoms with E-state index in [-0.39, 0.29) is 43.8 Å². The van der Waals surface area contributed by atoms with Crippen molar-refractivity contribution in [2.45, 2.75) is 45.2 Å². The molecule has 0 bridgehead atoms. The van der Waals surface area contributed by atoms with Crippen LogP contribution in [-0.4, -0.2) is 86.6 Å². The highest BCUT2D eigenvalue weighted by Gasteiger charge is 2.21. The lowest BCUT2D eigenvalue weighted by Gasteiger charge is -2.29. The van der Waals surface area contributed by atoms with E-state index in [0.29, 0.717) is 58.9 Å². The summed E-state index contributed by atoms with van der Waals surface area (Å²) >= 11 is 24.1. The summed E-state index contributed by atoms with van der Waals surface area (Å²) in [5, 5.41) is 21.0. The van der Waals surface area contributed by atoms with E-state index in [4.69, 9.17) is 56.2 Å². The Hall–Kier alpha value is -5.10. The van der Waals surface area contributed by atoms with Gasteiger partial charge in [-0.15, -0.1) is 0 Å². The molecule has 0 spiro atoms. The van der Waals surface area contributed by atoms with Crippen LogP contribution in [0.15, 0.2) is 146 Å². The lowest BCUT2D eigenvalue weighted by Crippen LogP contribution is -2.29. The molecule has 0 unspecified atom stereocenters. The Balaban J connectivity index is 0.000000289. The van der Waals surface area contributed by atoms with Crippen LogP contribution in [0.3, 0.4) is 0 Å². The van der Waals surface area contributed by atoms with E-state index in [1.807, 2.05) is 128 Å². The van der Waals surface area contributed by atoms with E-state index in [1.54, 1.807) is 24.3 Å². The molecule has 0 amide bonds. The number of aliphatic hydroxyl groups is 1. The third-order valence-electron chi connectivity index (χ3n) is 10.3. The number of rotatable bonds is 18. The third-order valence-corrected chi connectivity index (χ3v) is 11.3.